The van der Waals surface area contributed by atoms with E-state index in [2.05, 4.69) is 0 Å². The van der Waals surface area contributed by atoms with Gasteiger partial charge in [0.05, 0.1) is 0 Å². The fourth-order valence-electron chi connectivity index (χ4n) is 3.14. The van der Waals surface area contributed by atoms with Gasteiger partial charge in [0.25, 0.3) is 5.91 Å². The Bertz CT molecular complexity index is 817. The number of anilines is 1. The summed E-state index contributed by atoms with van der Waals surface area (Å²) < 4.78 is 0. The first-order chi connectivity index (χ1) is 11.9. The Morgan fingerprint density at radius 3 is 2.44 bits per heavy atom. The van der Waals surface area contributed by atoms with Crippen LogP contribution in [-0.2, 0) is 4.79 Å². The van der Waals surface area contributed by atoms with Gasteiger partial charge in [-0.3, -0.25) is 9.59 Å². The number of hydrogen-bond acceptors (Lipinski definition) is 2. The highest BCUT2D eigenvalue weighted by atomic mass is 35.5. The van der Waals surface area contributed by atoms with Gasteiger partial charge in [0.15, 0.2) is 0 Å². The summed E-state index contributed by atoms with van der Waals surface area (Å²) >= 11 is 6.19. The Kier molecular flexibility index (Phi) is 4.82. The SMILES string of the molecule is Cc1ccc(C(=O)N2CCN(c3cccc(Cl)c3C)C(=O)[C@H]2C)cc1. The zero-order valence-corrected chi connectivity index (χ0v) is 15.4. The standard InChI is InChI=1S/C20H21ClN2O2/c1-13-7-9-16(10-8-13)20(25)22-11-12-23(19(24)15(22)3)18-6-4-5-17(21)14(18)2/h4-10,15H,11-12H2,1-3H3/t15-/m1/s1. The van der Waals surface area contributed by atoms with E-state index in [9.17, 15) is 9.59 Å². The minimum Gasteiger partial charge on any atom is -0.325 e. The molecule has 2 aromatic rings. The fraction of sp³-hybridized carbons (Fsp3) is 0.300. The highest BCUT2D eigenvalue weighted by Gasteiger charge is 2.35. The van der Waals surface area contributed by atoms with Gasteiger partial charge in [-0.25, -0.2) is 0 Å². The average Bonchev–Trinajstić information content (AvgIpc) is 2.60. The van der Waals surface area contributed by atoms with Crippen molar-refractivity contribution in [3.63, 3.8) is 0 Å². The molecule has 5 heteroatoms. The summed E-state index contributed by atoms with van der Waals surface area (Å²) in [5, 5.41) is 0.635. The molecule has 0 saturated carbocycles. The number of halogens is 1. The molecule has 1 aliphatic heterocycles. The Hall–Kier alpha value is -2.33. The maximum absolute atomic E-state index is 12.9. The van der Waals surface area contributed by atoms with Crippen LogP contribution in [0.4, 0.5) is 5.69 Å². The van der Waals surface area contributed by atoms with Crippen LogP contribution in [0.3, 0.4) is 0 Å². The van der Waals surface area contributed by atoms with Crippen molar-refractivity contribution in [2.75, 3.05) is 18.0 Å². The van der Waals surface area contributed by atoms with Crippen LogP contribution < -0.4 is 4.90 Å². The second kappa shape index (κ2) is 6.89. The summed E-state index contributed by atoms with van der Waals surface area (Å²) in [6, 6.07) is 12.5. The molecule has 1 atom stereocenters. The maximum Gasteiger partial charge on any atom is 0.254 e. The summed E-state index contributed by atoms with van der Waals surface area (Å²) in [6.07, 6.45) is 0. The van der Waals surface area contributed by atoms with Gasteiger partial charge in [0.1, 0.15) is 6.04 Å². The quantitative estimate of drug-likeness (QED) is 0.820. The highest BCUT2D eigenvalue weighted by Crippen LogP contribution is 2.29. The summed E-state index contributed by atoms with van der Waals surface area (Å²) in [4.78, 5) is 29.0. The van der Waals surface area contributed by atoms with Crippen LogP contribution in [0, 0.1) is 13.8 Å². The van der Waals surface area contributed by atoms with Crippen molar-refractivity contribution in [2.45, 2.75) is 26.8 Å². The second-order valence-electron chi connectivity index (χ2n) is 6.41. The Balaban J connectivity index is 1.83. The zero-order chi connectivity index (χ0) is 18.1. The number of nitrogens with zero attached hydrogens (tertiary/aromatic N) is 2. The second-order valence-corrected chi connectivity index (χ2v) is 6.82. The molecule has 3 rings (SSSR count). The van der Waals surface area contributed by atoms with E-state index >= 15 is 0 Å². The van der Waals surface area contributed by atoms with Crippen molar-refractivity contribution in [1.82, 2.24) is 4.90 Å². The van der Waals surface area contributed by atoms with E-state index in [1.165, 1.54) is 0 Å². The van der Waals surface area contributed by atoms with Crippen molar-refractivity contribution in [2.24, 2.45) is 0 Å². The summed E-state index contributed by atoms with van der Waals surface area (Å²) in [5.74, 6) is -0.194. The molecule has 0 bridgehead atoms. The van der Waals surface area contributed by atoms with Crippen molar-refractivity contribution < 1.29 is 9.59 Å². The monoisotopic (exact) mass is 356 g/mol. The highest BCUT2D eigenvalue weighted by molar-refractivity contribution is 6.31. The lowest BCUT2D eigenvalue weighted by atomic mass is 10.1. The molecule has 130 valence electrons. The van der Waals surface area contributed by atoms with Gasteiger partial charge in [0, 0.05) is 29.4 Å². The van der Waals surface area contributed by atoms with E-state index in [0.29, 0.717) is 23.7 Å². The maximum atomic E-state index is 12.9. The van der Waals surface area contributed by atoms with Gasteiger partial charge in [-0.15, -0.1) is 0 Å². The summed E-state index contributed by atoms with van der Waals surface area (Å²) in [6.45, 7) is 6.61. The Morgan fingerprint density at radius 1 is 1.08 bits per heavy atom. The molecule has 1 saturated heterocycles. The third kappa shape index (κ3) is 3.27. The zero-order valence-electron chi connectivity index (χ0n) is 14.6. The van der Waals surface area contributed by atoms with E-state index in [0.717, 1.165) is 16.8 Å². The molecule has 0 aliphatic carbocycles. The number of piperazine rings is 1. The van der Waals surface area contributed by atoms with Crippen molar-refractivity contribution in [3.05, 3.63) is 64.2 Å². The normalized spacial score (nSPS) is 17.8. The van der Waals surface area contributed by atoms with Gasteiger partial charge < -0.3 is 9.80 Å². The van der Waals surface area contributed by atoms with Crippen LogP contribution in [-0.4, -0.2) is 35.8 Å². The number of aryl methyl sites for hydroxylation is 1. The first-order valence-electron chi connectivity index (χ1n) is 8.34. The minimum absolute atomic E-state index is 0.0860. The lowest BCUT2D eigenvalue weighted by molar-refractivity contribution is -0.124. The van der Waals surface area contributed by atoms with Crippen molar-refractivity contribution in [3.8, 4) is 0 Å². The number of amides is 2. The predicted octanol–water partition coefficient (Wildman–Crippen LogP) is 3.83. The first-order valence-corrected chi connectivity index (χ1v) is 8.72. The third-order valence-electron chi connectivity index (χ3n) is 4.74. The van der Waals surface area contributed by atoms with Crippen molar-refractivity contribution in [1.29, 1.82) is 0 Å². The number of benzene rings is 2. The fourth-order valence-corrected chi connectivity index (χ4v) is 3.31. The lowest BCUT2D eigenvalue weighted by Crippen LogP contribution is -2.57. The molecule has 0 aromatic heterocycles. The van der Waals surface area contributed by atoms with Crippen LogP contribution in [0.5, 0.6) is 0 Å². The molecule has 0 spiro atoms. The van der Waals surface area contributed by atoms with Crippen LogP contribution in [0.15, 0.2) is 42.5 Å². The van der Waals surface area contributed by atoms with E-state index in [4.69, 9.17) is 11.6 Å². The van der Waals surface area contributed by atoms with Crippen LogP contribution in [0.2, 0.25) is 5.02 Å². The molecule has 2 aromatic carbocycles. The minimum atomic E-state index is -0.513. The van der Waals surface area contributed by atoms with E-state index in [1.807, 2.05) is 56.3 Å². The number of carbonyl (C=O) groups is 2. The van der Waals surface area contributed by atoms with Crippen LogP contribution in [0.25, 0.3) is 0 Å². The molecule has 1 fully saturated rings. The molecule has 2 amide bonds. The topological polar surface area (TPSA) is 40.6 Å². The Morgan fingerprint density at radius 2 is 1.76 bits per heavy atom. The lowest BCUT2D eigenvalue weighted by Gasteiger charge is -2.39. The van der Waals surface area contributed by atoms with E-state index in [1.54, 1.807) is 16.7 Å². The average molecular weight is 357 g/mol. The summed E-state index contributed by atoms with van der Waals surface area (Å²) in [5.41, 5.74) is 3.40. The first kappa shape index (κ1) is 17.5. The molecule has 0 radical (unpaired) electrons. The Labute approximate surface area is 153 Å². The molecular formula is C20H21ClN2O2. The molecule has 0 N–H and O–H groups in total. The molecule has 0 unspecified atom stereocenters. The van der Waals surface area contributed by atoms with Gasteiger partial charge in [-0.1, -0.05) is 35.4 Å². The molecule has 1 heterocycles. The predicted molar refractivity (Wildman–Crippen MR) is 100 cm³/mol. The number of hydrogen-bond donors (Lipinski definition) is 0. The van der Waals surface area contributed by atoms with E-state index < -0.39 is 6.04 Å². The number of carbonyl (C=O) groups excluding carboxylic acids is 2. The van der Waals surface area contributed by atoms with Crippen LogP contribution in [0.1, 0.15) is 28.4 Å². The number of rotatable bonds is 2. The van der Waals surface area contributed by atoms with E-state index in [-0.39, 0.29) is 11.8 Å². The van der Waals surface area contributed by atoms with Gasteiger partial charge >= 0.3 is 0 Å². The smallest absolute Gasteiger partial charge is 0.254 e. The van der Waals surface area contributed by atoms with Gasteiger partial charge in [-0.2, -0.15) is 0 Å². The third-order valence-corrected chi connectivity index (χ3v) is 5.15. The molecule has 4 nitrogen and oxygen atoms in total. The van der Waals surface area contributed by atoms with Gasteiger partial charge in [0.2, 0.25) is 5.91 Å². The van der Waals surface area contributed by atoms with Crippen LogP contribution >= 0.6 is 11.6 Å². The summed E-state index contributed by atoms with van der Waals surface area (Å²) in [7, 11) is 0. The molecular weight excluding hydrogens is 336 g/mol. The molecule has 25 heavy (non-hydrogen) atoms. The molecule has 1 aliphatic rings. The van der Waals surface area contributed by atoms with Crippen molar-refractivity contribution >= 4 is 29.1 Å². The van der Waals surface area contributed by atoms with Gasteiger partial charge in [-0.05, 0) is 50.6 Å². The largest absolute Gasteiger partial charge is 0.325 e.